The van der Waals surface area contributed by atoms with Crippen molar-refractivity contribution in [2.45, 2.75) is 25.5 Å². The van der Waals surface area contributed by atoms with Crippen LogP contribution in [0.2, 0.25) is 0 Å². The molecule has 13 heteroatoms. The highest BCUT2D eigenvalue weighted by atomic mass is 32.2. The lowest BCUT2D eigenvalue weighted by atomic mass is 10.1. The number of nitrogens with one attached hydrogen (secondary N) is 2. The van der Waals surface area contributed by atoms with Crippen LogP contribution in [-0.4, -0.2) is 42.2 Å². The van der Waals surface area contributed by atoms with Crippen LogP contribution in [0, 0.1) is 0 Å². The van der Waals surface area contributed by atoms with Crippen LogP contribution >= 0.6 is 7.59 Å². The number of amides is 2. The maximum atomic E-state index is 12.3. The van der Waals surface area contributed by atoms with Gasteiger partial charge in [-0.15, -0.1) is 4.49 Å². The molecule has 1 aliphatic heterocycles. The van der Waals surface area contributed by atoms with Crippen LogP contribution in [0.5, 0.6) is 0 Å². The van der Waals surface area contributed by atoms with Crippen molar-refractivity contribution >= 4 is 29.9 Å². The molecular weight excluding hydrogens is 387 g/mol. The Morgan fingerprint density at radius 2 is 2.04 bits per heavy atom. The summed E-state index contributed by atoms with van der Waals surface area (Å²) in [6.45, 7) is -0.130. The van der Waals surface area contributed by atoms with E-state index in [9.17, 15) is 27.1 Å². The lowest BCUT2D eigenvalue weighted by Crippen LogP contribution is -2.53. The first-order valence-corrected chi connectivity index (χ1v) is 10.6. The summed E-state index contributed by atoms with van der Waals surface area (Å²) >= 11 is 0. The molecule has 4 N–H and O–H groups in total. The van der Waals surface area contributed by atoms with Gasteiger partial charge >= 0.3 is 13.7 Å². The third-order valence-electron chi connectivity index (χ3n) is 3.52. The molecule has 26 heavy (non-hydrogen) atoms. The van der Waals surface area contributed by atoms with Gasteiger partial charge in [-0.3, -0.25) is 19.5 Å². The number of alkyl carbamates (subject to hydrolysis) is 1. The normalized spacial score (nSPS) is 20.3. The summed E-state index contributed by atoms with van der Waals surface area (Å²) in [5, 5.41) is 2.32. The van der Waals surface area contributed by atoms with E-state index in [0.29, 0.717) is 4.67 Å². The second-order valence-corrected chi connectivity index (χ2v) is 8.90. The van der Waals surface area contributed by atoms with Crippen LogP contribution in [0.25, 0.3) is 0 Å². The smallest absolute Gasteiger partial charge is 0.408 e. The number of ether oxygens (including phenoxy) is 1. The van der Waals surface area contributed by atoms with Gasteiger partial charge in [0, 0.05) is 6.54 Å². The SMILES string of the molecule is N[P@@](=O)(NS(=O)(=O)[O-])N1CCC[C@H](NC(=O)OCc2ccccc2)C1=O. The number of carbonyl (C=O) groups excluding carboxylic acids is 2. The van der Waals surface area contributed by atoms with Crippen molar-refractivity contribution in [1.82, 2.24) is 14.5 Å². The van der Waals surface area contributed by atoms with Crippen LogP contribution < -0.4 is 15.3 Å². The van der Waals surface area contributed by atoms with Gasteiger partial charge in [0.25, 0.3) is 5.91 Å². The molecule has 2 atom stereocenters. The standard InChI is InChI=1S/C13H19N4O7PS/c14-25(20,16-26(21,22)23)17-8-4-7-11(12(17)18)15-13(19)24-9-10-5-2-1-3-6-10/h1-3,5-6,11H,4,7-9H2,(H,15,19)(H3,14,16,20)(H,21,22,23)/p-1/t11-,25+/m0/s1. The van der Waals surface area contributed by atoms with Gasteiger partial charge in [0.15, 0.2) is 10.3 Å². The number of nitrogens with two attached hydrogens (primary N) is 1. The Morgan fingerprint density at radius 1 is 1.38 bits per heavy atom. The molecule has 1 aliphatic rings. The maximum absolute atomic E-state index is 12.3. The lowest BCUT2D eigenvalue weighted by Gasteiger charge is -2.35. The molecule has 1 heterocycles. The molecule has 2 amide bonds. The molecule has 0 spiro atoms. The topological polar surface area (TPSA) is 171 Å². The molecule has 0 aliphatic carbocycles. The highest BCUT2D eigenvalue weighted by Crippen LogP contribution is 2.40. The second kappa shape index (κ2) is 8.14. The van der Waals surface area contributed by atoms with Crippen LogP contribution in [-0.2, 0) is 31.0 Å². The predicted octanol–water partition coefficient (Wildman–Crippen LogP) is 0.0204. The summed E-state index contributed by atoms with van der Waals surface area (Å²) in [6.07, 6.45) is -0.359. The van der Waals surface area contributed by atoms with Crippen molar-refractivity contribution in [3.63, 3.8) is 0 Å². The quantitative estimate of drug-likeness (QED) is 0.439. The summed E-state index contributed by atoms with van der Waals surface area (Å²) in [7, 11) is -9.58. The minimum atomic E-state index is -5.13. The van der Waals surface area contributed by atoms with E-state index in [1.165, 1.54) is 4.49 Å². The minimum absolute atomic E-state index is 0.0112. The average molecular weight is 405 g/mol. The molecule has 0 radical (unpaired) electrons. The fourth-order valence-corrected chi connectivity index (χ4v) is 4.95. The summed E-state index contributed by atoms with van der Waals surface area (Å²) in [5.74, 6) is -0.866. The van der Waals surface area contributed by atoms with Crippen LogP contribution in [0.1, 0.15) is 18.4 Å². The minimum Gasteiger partial charge on any atom is -0.735 e. The Bertz CT molecular complexity index is 817. The lowest BCUT2D eigenvalue weighted by molar-refractivity contribution is -0.130. The number of piperidine rings is 1. The number of rotatable bonds is 6. The summed E-state index contributed by atoms with van der Waals surface area (Å²) in [5.41, 5.74) is 6.07. The molecular formula is C13H18N4O7PS-. The Labute approximate surface area is 150 Å². The van der Waals surface area contributed by atoms with Gasteiger partial charge in [0.1, 0.15) is 12.6 Å². The Morgan fingerprint density at radius 3 is 2.65 bits per heavy atom. The Kier molecular flexibility index (Phi) is 6.37. The predicted molar refractivity (Wildman–Crippen MR) is 89.1 cm³/mol. The van der Waals surface area contributed by atoms with Crippen LogP contribution in [0.15, 0.2) is 30.3 Å². The summed E-state index contributed by atoms with van der Waals surface area (Å²) in [6, 6.07) is 7.76. The van der Waals surface area contributed by atoms with E-state index in [0.717, 1.165) is 5.56 Å². The van der Waals surface area contributed by atoms with Gasteiger partial charge in [-0.2, -0.15) is 0 Å². The number of carbonyl (C=O) groups is 2. The van der Waals surface area contributed by atoms with Crippen LogP contribution in [0.4, 0.5) is 4.79 Å². The molecule has 1 aromatic carbocycles. The van der Waals surface area contributed by atoms with E-state index in [-0.39, 0.29) is 26.0 Å². The summed E-state index contributed by atoms with van der Waals surface area (Å²) < 4.78 is 51.2. The van der Waals surface area contributed by atoms with Crippen molar-refractivity contribution in [3.8, 4) is 0 Å². The highest BCUT2D eigenvalue weighted by molar-refractivity contribution is 7.90. The largest absolute Gasteiger partial charge is 0.735 e. The fourth-order valence-electron chi connectivity index (χ4n) is 2.40. The summed E-state index contributed by atoms with van der Waals surface area (Å²) in [4.78, 5) is 24.2. The highest BCUT2D eigenvalue weighted by Gasteiger charge is 2.39. The first-order valence-electron chi connectivity index (χ1n) is 7.51. The van der Waals surface area contributed by atoms with Gasteiger partial charge in [0.2, 0.25) is 0 Å². The number of benzene rings is 1. The van der Waals surface area contributed by atoms with Gasteiger partial charge in [-0.25, -0.2) is 13.2 Å². The number of nitrogens with zero attached hydrogens (tertiary/aromatic N) is 1. The molecule has 2 rings (SSSR count). The molecule has 0 saturated carbocycles. The molecule has 1 aromatic rings. The van der Waals surface area contributed by atoms with Crippen molar-refractivity contribution in [2.75, 3.05) is 6.54 Å². The first kappa shape index (κ1) is 20.3. The maximum Gasteiger partial charge on any atom is 0.408 e. The van der Waals surface area contributed by atoms with Crippen molar-refractivity contribution in [3.05, 3.63) is 35.9 Å². The molecule has 1 saturated heterocycles. The van der Waals surface area contributed by atoms with Crippen molar-refractivity contribution in [1.29, 1.82) is 0 Å². The van der Waals surface area contributed by atoms with E-state index < -0.39 is 35.9 Å². The van der Waals surface area contributed by atoms with Gasteiger partial charge in [-0.1, -0.05) is 30.3 Å². The molecule has 0 bridgehead atoms. The van der Waals surface area contributed by atoms with E-state index in [1.807, 2.05) is 0 Å². The van der Waals surface area contributed by atoms with Crippen molar-refractivity contribution < 1.29 is 31.9 Å². The average Bonchev–Trinajstić information content (AvgIpc) is 2.53. The number of hydrogen-bond acceptors (Lipinski definition) is 7. The van der Waals surface area contributed by atoms with Crippen molar-refractivity contribution in [2.24, 2.45) is 5.50 Å². The van der Waals surface area contributed by atoms with E-state index in [4.69, 9.17) is 10.2 Å². The second-order valence-electron chi connectivity index (χ2n) is 5.53. The molecule has 0 aromatic heterocycles. The fraction of sp³-hybridized carbons (Fsp3) is 0.385. The zero-order valence-corrected chi connectivity index (χ0v) is 15.2. The third-order valence-corrected chi connectivity index (χ3v) is 6.58. The Balaban J connectivity index is 1.96. The number of hydrogen-bond donors (Lipinski definition) is 3. The zero-order chi connectivity index (χ0) is 19.4. The molecule has 11 nitrogen and oxygen atoms in total. The molecule has 1 fully saturated rings. The van der Waals surface area contributed by atoms with Gasteiger partial charge in [-0.05, 0) is 18.4 Å². The van der Waals surface area contributed by atoms with E-state index in [2.05, 4.69) is 5.32 Å². The van der Waals surface area contributed by atoms with E-state index >= 15 is 0 Å². The Hall–Kier alpha value is -1.98. The third kappa shape index (κ3) is 5.78. The van der Waals surface area contributed by atoms with Crippen LogP contribution in [0.3, 0.4) is 0 Å². The van der Waals surface area contributed by atoms with Gasteiger partial charge in [0.05, 0.1) is 0 Å². The van der Waals surface area contributed by atoms with E-state index in [1.54, 1.807) is 30.3 Å². The zero-order valence-electron chi connectivity index (χ0n) is 13.5. The van der Waals surface area contributed by atoms with Gasteiger partial charge < -0.3 is 14.6 Å². The first-order chi connectivity index (χ1) is 12.1. The monoisotopic (exact) mass is 405 g/mol. The molecule has 0 unspecified atom stereocenters. The molecule has 144 valence electrons.